The largest absolute Gasteiger partial charge is 0.462 e. The Morgan fingerprint density at radius 2 is 0.500 bits per heavy atom. The zero-order valence-electron chi connectivity index (χ0n) is 51.7. The van der Waals surface area contributed by atoms with E-state index in [1.54, 1.807) is 0 Å². The second kappa shape index (κ2) is 66.1. The standard InChI is InChI=1S/C72H126O6/c1-4-7-10-13-16-19-22-24-26-28-30-31-32-33-34-35-36-37-38-39-40-41-43-44-46-48-50-53-56-59-62-65-71(74)77-68-69(67-76-70(73)64-61-58-55-52-21-18-15-12-9-6-3)78-72(75)66-63-60-57-54-51-49-47-45-42-29-27-25-23-20-17-14-11-8-5-2/h7,10,16,19,24-27,30-31,33-34,36-37,69H,4-6,8-9,11-15,17-18,20-23,28-29,32,35,38-68H2,1-3H3/b10-7-,19-16-,26-24-,27-25-,31-30-,34-33-,37-36-. The molecule has 0 aliphatic heterocycles. The average molecular weight is 1090 g/mol. The van der Waals surface area contributed by atoms with Crippen LogP contribution in [0, 0.1) is 0 Å². The van der Waals surface area contributed by atoms with Gasteiger partial charge < -0.3 is 14.2 Å². The first kappa shape index (κ1) is 74.6. The van der Waals surface area contributed by atoms with E-state index < -0.39 is 6.10 Å². The predicted octanol–water partition coefficient (Wildman–Crippen LogP) is 23.1. The third-order valence-corrected chi connectivity index (χ3v) is 14.6. The summed E-state index contributed by atoms with van der Waals surface area (Å²) in [6.45, 7) is 6.54. The molecule has 0 rings (SSSR count). The SMILES string of the molecule is CC/C=C\C/C=C\C/C=C\C/C=C\C/C=C\C/C=C\CCCCCCCCCCCCCCC(=O)OCC(COC(=O)CCCCCCCCCCCC)OC(=O)CCCCCCCCCCC/C=C\CCCCCCCC. The maximum absolute atomic E-state index is 12.9. The van der Waals surface area contributed by atoms with Crippen LogP contribution in [-0.4, -0.2) is 37.2 Å². The van der Waals surface area contributed by atoms with Gasteiger partial charge in [-0.1, -0.05) is 305 Å². The molecular formula is C72H126O6. The van der Waals surface area contributed by atoms with Crippen LogP contribution >= 0.6 is 0 Å². The Morgan fingerprint density at radius 3 is 0.795 bits per heavy atom. The van der Waals surface area contributed by atoms with Gasteiger partial charge in [0.25, 0.3) is 0 Å². The molecule has 0 spiro atoms. The summed E-state index contributed by atoms with van der Waals surface area (Å²) in [5, 5.41) is 0. The molecule has 78 heavy (non-hydrogen) atoms. The van der Waals surface area contributed by atoms with Gasteiger partial charge in [-0.05, 0) is 96.3 Å². The van der Waals surface area contributed by atoms with Gasteiger partial charge in [0.05, 0.1) is 0 Å². The monoisotopic (exact) mass is 1090 g/mol. The van der Waals surface area contributed by atoms with Gasteiger partial charge in [-0.15, -0.1) is 0 Å². The Hall–Kier alpha value is -3.41. The minimum atomic E-state index is -0.776. The Balaban J connectivity index is 4.18. The van der Waals surface area contributed by atoms with E-state index >= 15 is 0 Å². The summed E-state index contributed by atoms with van der Waals surface area (Å²) in [4.78, 5) is 38.3. The third kappa shape index (κ3) is 63.4. The molecule has 450 valence electrons. The van der Waals surface area contributed by atoms with Crippen molar-refractivity contribution in [1.29, 1.82) is 0 Å². The molecule has 1 atom stereocenters. The maximum atomic E-state index is 12.9. The summed E-state index contributed by atoms with van der Waals surface area (Å²) in [5.74, 6) is -0.864. The highest BCUT2D eigenvalue weighted by Gasteiger charge is 2.19. The van der Waals surface area contributed by atoms with Crippen LogP contribution in [0.1, 0.15) is 335 Å². The summed E-state index contributed by atoms with van der Waals surface area (Å²) >= 11 is 0. The van der Waals surface area contributed by atoms with Gasteiger partial charge in [0.15, 0.2) is 6.10 Å². The zero-order chi connectivity index (χ0) is 56.4. The molecule has 0 amide bonds. The minimum Gasteiger partial charge on any atom is -0.462 e. The van der Waals surface area contributed by atoms with Crippen LogP contribution in [0.4, 0.5) is 0 Å². The van der Waals surface area contributed by atoms with Crippen LogP contribution < -0.4 is 0 Å². The zero-order valence-corrected chi connectivity index (χ0v) is 51.7. The van der Waals surface area contributed by atoms with E-state index in [1.807, 2.05) is 0 Å². The molecule has 0 radical (unpaired) electrons. The Morgan fingerprint density at radius 1 is 0.269 bits per heavy atom. The highest BCUT2D eigenvalue weighted by molar-refractivity contribution is 5.71. The Labute approximate surface area is 484 Å². The number of esters is 3. The molecule has 0 fully saturated rings. The molecule has 0 aliphatic carbocycles. The van der Waals surface area contributed by atoms with Crippen LogP contribution in [0.2, 0.25) is 0 Å². The quantitative estimate of drug-likeness (QED) is 0.0261. The molecule has 0 aromatic heterocycles. The number of rotatable bonds is 61. The molecule has 0 saturated heterocycles. The van der Waals surface area contributed by atoms with E-state index in [1.165, 1.54) is 199 Å². The molecule has 0 N–H and O–H groups in total. The first-order valence-corrected chi connectivity index (χ1v) is 33.6. The fraction of sp³-hybridized carbons (Fsp3) is 0.764. The van der Waals surface area contributed by atoms with Gasteiger partial charge >= 0.3 is 17.9 Å². The van der Waals surface area contributed by atoms with E-state index in [0.717, 1.165) is 96.3 Å². The third-order valence-electron chi connectivity index (χ3n) is 14.6. The number of hydrogen-bond acceptors (Lipinski definition) is 6. The molecule has 0 bridgehead atoms. The second-order valence-electron chi connectivity index (χ2n) is 22.4. The van der Waals surface area contributed by atoms with E-state index in [2.05, 4.69) is 106 Å². The molecular weight excluding hydrogens is 961 g/mol. The van der Waals surface area contributed by atoms with Crippen LogP contribution in [0.15, 0.2) is 85.1 Å². The molecule has 6 heteroatoms. The van der Waals surface area contributed by atoms with Gasteiger partial charge in [-0.3, -0.25) is 14.4 Å². The highest BCUT2D eigenvalue weighted by Crippen LogP contribution is 2.17. The van der Waals surface area contributed by atoms with E-state index in [-0.39, 0.29) is 31.1 Å². The van der Waals surface area contributed by atoms with Gasteiger partial charge in [0, 0.05) is 19.3 Å². The number of unbranched alkanes of at least 4 members (excludes halogenated alkanes) is 36. The van der Waals surface area contributed by atoms with Crippen molar-refractivity contribution in [2.45, 2.75) is 341 Å². The molecule has 0 aromatic rings. The average Bonchev–Trinajstić information content (AvgIpc) is 3.44. The molecule has 6 nitrogen and oxygen atoms in total. The molecule has 1 unspecified atom stereocenters. The Bertz CT molecular complexity index is 1480. The number of carbonyl (C=O) groups excluding carboxylic acids is 3. The lowest BCUT2D eigenvalue weighted by Crippen LogP contribution is -2.30. The number of allylic oxidation sites excluding steroid dienone is 14. The summed E-state index contributed by atoms with van der Waals surface area (Å²) in [7, 11) is 0. The fourth-order valence-corrected chi connectivity index (χ4v) is 9.62. The summed E-state index contributed by atoms with van der Waals surface area (Å²) in [6, 6.07) is 0. The summed E-state index contributed by atoms with van der Waals surface area (Å²) < 4.78 is 16.9. The minimum absolute atomic E-state index is 0.0733. The summed E-state index contributed by atoms with van der Waals surface area (Å²) in [6.07, 6.45) is 87.5. The van der Waals surface area contributed by atoms with Crippen molar-refractivity contribution in [3.8, 4) is 0 Å². The van der Waals surface area contributed by atoms with Crippen molar-refractivity contribution in [2.24, 2.45) is 0 Å². The van der Waals surface area contributed by atoms with Crippen molar-refractivity contribution < 1.29 is 28.6 Å². The number of ether oxygens (including phenoxy) is 3. The van der Waals surface area contributed by atoms with Crippen LogP contribution in [-0.2, 0) is 28.6 Å². The second-order valence-corrected chi connectivity index (χ2v) is 22.4. The number of hydrogen-bond donors (Lipinski definition) is 0. The van der Waals surface area contributed by atoms with Crippen LogP contribution in [0.5, 0.6) is 0 Å². The lowest BCUT2D eigenvalue weighted by atomic mass is 10.0. The first-order chi connectivity index (χ1) is 38.5. The van der Waals surface area contributed by atoms with Crippen molar-refractivity contribution in [3.05, 3.63) is 85.1 Å². The van der Waals surface area contributed by atoms with E-state index in [4.69, 9.17) is 14.2 Å². The molecule has 0 heterocycles. The van der Waals surface area contributed by atoms with Crippen molar-refractivity contribution in [1.82, 2.24) is 0 Å². The predicted molar refractivity (Wildman–Crippen MR) is 339 cm³/mol. The maximum Gasteiger partial charge on any atom is 0.306 e. The van der Waals surface area contributed by atoms with Gasteiger partial charge in [-0.2, -0.15) is 0 Å². The smallest absolute Gasteiger partial charge is 0.306 e. The first-order valence-electron chi connectivity index (χ1n) is 33.6. The molecule has 0 saturated carbocycles. The van der Waals surface area contributed by atoms with Crippen molar-refractivity contribution in [3.63, 3.8) is 0 Å². The number of carbonyl (C=O) groups is 3. The molecule has 0 aromatic carbocycles. The fourth-order valence-electron chi connectivity index (χ4n) is 9.62. The molecule has 0 aliphatic rings. The van der Waals surface area contributed by atoms with E-state index in [0.29, 0.717) is 19.3 Å². The van der Waals surface area contributed by atoms with Gasteiger partial charge in [0.1, 0.15) is 13.2 Å². The normalized spacial score (nSPS) is 12.6. The van der Waals surface area contributed by atoms with Crippen LogP contribution in [0.25, 0.3) is 0 Å². The highest BCUT2D eigenvalue weighted by atomic mass is 16.6. The van der Waals surface area contributed by atoms with Crippen LogP contribution in [0.3, 0.4) is 0 Å². The Kier molecular flexibility index (Phi) is 63.2. The van der Waals surface area contributed by atoms with Crippen molar-refractivity contribution >= 4 is 17.9 Å². The lowest BCUT2D eigenvalue weighted by Gasteiger charge is -2.18. The topological polar surface area (TPSA) is 78.9 Å². The van der Waals surface area contributed by atoms with Crippen molar-refractivity contribution in [2.75, 3.05) is 13.2 Å². The van der Waals surface area contributed by atoms with Gasteiger partial charge in [0.2, 0.25) is 0 Å². The van der Waals surface area contributed by atoms with E-state index in [9.17, 15) is 14.4 Å². The lowest BCUT2D eigenvalue weighted by molar-refractivity contribution is -0.167. The van der Waals surface area contributed by atoms with Gasteiger partial charge in [-0.25, -0.2) is 0 Å². The summed E-state index contributed by atoms with van der Waals surface area (Å²) in [5.41, 5.74) is 0.